The van der Waals surface area contributed by atoms with E-state index in [4.69, 9.17) is 10.8 Å². The lowest BCUT2D eigenvalue weighted by Gasteiger charge is -2.20. The third kappa shape index (κ3) is 2.87. The van der Waals surface area contributed by atoms with Crippen LogP contribution in [0.15, 0.2) is 24.4 Å². The molecule has 0 radical (unpaired) electrons. The predicted molar refractivity (Wildman–Crippen MR) is 50.4 cm³/mol. The summed E-state index contributed by atoms with van der Waals surface area (Å²) < 4.78 is 25.6. The number of halogens is 3. The molecule has 80 valence electrons. The number of hydrogen-bond donors (Lipinski definition) is 2. The normalized spacial score (nSPS) is 13.1. The molecule has 0 bridgehead atoms. The van der Waals surface area contributed by atoms with Crippen LogP contribution < -0.4 is 5.73 Å². The first-order valence-electron chi connectivity index (χ1n) is 3.73. The van der Waals surface area contributed by atoms with E-state index in [1.165, 1.54) is 12.3 Å². The smallest absolute Gasteiger partial charge is 0.291 e. The van der Waals surface area contributed by atoms with Gasteiger partial charge in [-0.05, 0) is 12.1 Å². The molecule has 0 aliphatic carbocycles. The van der Waals surface area contributed by atoms with Crippen LogP contribution in [0.5, 0.6) is 0 Å². The van der Waals surface area contributed by atoms with Crippen LogP contribution in [0.1, 0.15) is 11.7 Å². The first kappa shape index (κ1) is 13.2. The minimum Gasteiger partial charge on any atom is -0.390 e. The highest BCUT2D eigenvalue weighted by Crippen LogP contribution is 2.26. The molecule has 0 fully saturated rings. The highest BCUT2D eigenvalue weighted by Gasteiger charge is 2.37. The van der Waals surface area contributed by atoms with Crippen LogP contribution in [-0.4, -0.2) is 22.6 Å². The quantitative estimate of drug-likeness (QED) is 0.809. The summed E-state index contributed by atoms with van der Waals surface area (Å²) >= 11 is 0. The molecule has 1 aromatic rings. The maximum absolute atomic E-state index is 12.8. The number of alkyl halides is 2. The van der Waals surface area contributed by atoms with Gasteiger partial charge in [-0.3, -0.25) is 4.98 Å². The van der Waals surface area contributed by atoms with Gasteiger partial charge in [0.2, 0.25) is 0 Å². The molecule has 0 saturated carbocycles. The van der Waals surface area contributed by atoms with E-state index in [9.17, 15) is 8.78 Å². The summed E-state index contributed by atoms with van der Waals surface area (Å²) in [6.45, 7) is -1.27. The van der Waals surface area contributed by atoms with Crippen molar-refractivity contribution in [1.29, 1.82) is 0 Å². The Morgan fingerprint density at radius 2 is 2.14 bits per heavy atom. The van der Waals surface area contributed by atoms with Gasteiger partial charge in [0.15, 0.2) is 0 Å². The van der Waals surface area contributed by atoms with Crippen LogP contribution in [0, 0.1) is 0 Å². The van der Waals surface area contributed by atoms with Crippen molar-refractivity contribution in [2.24, 2.45) is 5.73 Å². The second-order valence-electron chi connectivity index (χ2n) is 2.65. The van der Waals surface area contributed by atoms with Crippen molar-refractivity contribution in [2.75, 3.05) is 6.61 Å². The van der Waals surface area contributed by atoms with E-state index in [1.54, 1.807) is 12.1 Å². The number of nitrogens with zero attached hydrogens (tertiary/aromatic N) is 1. The zero-order valence-corrected chi connectivity index (χ0v) is 8.05. The summed E-state index contributed by atoms with van der Waals surface area (Å²) in [4.78, 5) is 3.68. The first-order chi connectivity index (χ1) is 6.08. The van der Waals surface area contributed by atoms with Crippen LogP contribution >= 0.6 is 12.4 Å². The average molecular weight is 225 g/mol. The summed E-state index contributed by atoms with van der Waals surface area (Å²) in [5, 5.41) is 8.37. The van der Waals surface area contributed by atoms with E-state index in [1.807, 2.05) is 0 Å². The Morgan fingerprint density at radius 3 is 2.57 bits per heavy atom. The Hall–Kier alpha value is -0.780. The van der Waals surface area contributed by atoms with Crippen LogP contribution in [0.4, 0.5) is 8.78 Å². The summed E-state index contributed by atoms with van der Waals surface area (Å²) in [5.74, 6) is -3.33. The molecule has 0 unspecified atom stereocenters. The van der Waals surface area contributed by atoms with Gasteiger partial charge >= 0.3 is 0 Å². The molecule has 1 heterocycles. The largest absolute Gasteiger partial charge is 0.390 e. The third-order valence-corrected chi connectivity index (χ3v) is 1.67. The van der Waals surface area contributed by atoms with Gasteiger partial charge in [-0.15, -0.1) is 12.4 Å². The van der Waals surface area contributed by atoms with E-state index in [2.05, 4.69) is 4.98 Å². The monoisotopic (exact) mass is 224 g/mol. The van der Waals surface area contributed by atoms with Crippen molar-refractivity contribution >= 4 is 12.4 Å². The Labute approximate surface area is 86.4 Å². The molecule has 3 N–H and O–H groups in total. The van der Waals surface area contributed by atoms with Gasteiger partial charge in [-0.2, -0.15) is 0 Å². The molecule has 0 saturated heterocycles. The average Bonchev–Trinajstić information content (AvgIpc) is 2.18. The number of aliphatic hydroxyl groups excluding tert-OH is 1. The Bertz CT molecular complexity index is 271. The third-order valence-electron chi connectivity index (χ3n) is 1.67. The Morgan fingerprint density at radius 1 is 1.50 bits per heavy atom. The molecule has 3 nitrogen and oxygen atoms in total. The zero-order chi connectivity index (χ0) is 9.90. The molecule has 14 heavy (non-hydrogen) atoms. The van der Waals surface area contributed by atoms with Crippen LogP contribution in [0.25, 0.3) is 0 Å². The summed E-state index contributed by atoms with van der Waals surface area (Å²) in [7, 11) is 0. The van der Waals surface area contributed by atoms with Gasteiger partial charge in [0.25, 0.3) is 5.92 Å². The van der Waals surface area contributed by atoms with Crippen molar-refractivity contribution in [3.8, 4) is 0 Å². The lowest BCUT2D eigenvalue weighted by atomic mass is 10.1. The summed E-state index contributed by atoms with van der Waals surface area (Å²) in [5.41, 5.74) is 5.28. The topological polar surface area (TPSA) is 59.1 Å². The molecule has 0 aromatic carbocycles. The highest BCUT2D eigenvalue weighted by molar-refractivity contribution is 5.85. The minimum absolute atomic E-state index is 0. The number of aromatic nitrogens is 1. The second-order valence-corrected chi connectivity index (χ2v) is 2.65. The summed E-state index contributed by atoms with van der Waals surface area (Å²) in [6.07, 6.45) is 1.38. The molecule has 0 spiro atoms. The Kier molecular flexibility index (Phi) is 4.90. The van der Waals surface area contributed by atoms with Gasteiger partial charge in [-0.25, -0.2) is 8.78 Å². The first-order valence-corrected chi connectivity index (χ1v) is 3.73. The number of pyridine rings is 1. The highest BCUT2D eigenvalue weighted by atomic mass is 35.5. The maximum atomic E-state index is 12.8. The molecular weight excluding hydrogens is 214 g/mol. The fraction of sp³-hybridized carbons (Fsp3) is 0.375. The van der Waals surface area contributed by atoms with E-state index < -0.39 is 18.6 Å². The SMILES string of the molecule is Cl.N[C@@H](c1ccccn1)C(F)(F)CO. The molecule has 0 aliphatic heterocycles. The molecule has 1 rings (SSSR count). The van der Waals surface area contributed by atoms with E-state index in [0.717, 1.165) is 0 Å². The summed E-state index contributed by atoms with van der Waals surface area (Å²) in [6, 6.07) is 3.01. The minimum atomic E-state index is -3.33. The number of nitrogens with two attached hydrogens (primary N) is 1. The molecule has 1 aromatic heterocycles. The van der Waals surface area contributed by atoms with Crippen LogP contribution in [0.2, 0.25) is 0 Å². The number of aliphatic hydroxyl groups is 1. The van der Waals surface area contributed by atoms with E-state index in [0.29, 0.717) is 0 Å². The number of rotatable bonds is 3. The fourth-order valence-electron chi connectivity index (χ4n) is 0.875. The van der Waals surface area contributed by atoms with Crippen molar-refractivity contribution < 1.29 is 13.9 Å². The van der Waals surface area contributed by atoms with Gasteiger partial charge in [0, 0.05) is 6.20 Å². The molecule has 6 heteroatoms. The lowest BCUT2D eigenvalue weighted by Crippen LogP contribution is -2.36. The van der Waals surface area contributed by atoms with Crippen molar-refractivity contribution in [3.63, 3.8) is 0 Å². The van der Waals surface area contributed by atoms with E-state index in [-0.39, 0.29) is 18.1 Å². The predicted octanol–water partition coefficient (Wildman–Crippen LogP) is 1.13. The molecular formula is C8H11ClF2N2O. The Balaban J connectivity index is 0.00000169. The van der Waals surface area contributed by atoms with Crippen molar-refractivity contribution in [3.05, 3.63) is 30.1 Å². The van der Waals surface area contributed by atoms with Crippen molar-refractivity contribution in [2.45, 2.75) is 12.0 Å². The van der Waals surface area contributed by atoms with Gasteiger partial charge in [0.1, 0.15) is 12.6 Å². The number of hydrogen-bond acceptors (Lipinski definition) is 3. The van der Waals surface area contributed by atoms with Crippen molar-refractivity contribution in [1.82, 2.24) is 4.98 Å². The van der Waals surface area contributed by atoms with Gasteiger partial charge in [-0.1, -0.05) is 6.07 Å². The van der Waals surface area contributed by atoms with Crippen LogP contribution in [0.3, 0.4) is 0 Å². The zero-order valence-electron chi connectivity index (χ0n) is 7.23. The lowest BCUT2D eigenvalue weighted by molar-refractivity contribution is -0.0721. The second kappa shape index (κ2) is 5.19. The standard InChI is InChI=1S/C8H10F2N2O.ClH/c9-8(10,5-13)7(11)6-3-1-2-4-12-6;/h1-4,7,13H,5,11H2;1H/t7-;/m0./s1. The molecule has 0 amide bonds. The van der Waals surface area contributed by atoms with E-state index >= 15 is 0 Å². The fourth-order valence-corrected chi connectivity index (χ4v) is 0.875. The van der Waals surface area contributed by atoms with Crippen LogP contribution in [-0.2, 0) is 0 Å². The maximum Gasteiger partial charge on any atom is 0.291 e. The molecule has 1 atom stereocenters. The van der Waals surface area contributed by atoms with Gasteiger partial charge < -0.3 is 10.8 Å². The molecule has 0 aliphatic rings. The van der Waals surface area contributed by atoms with Gasteiger partial charge in [0.05, 0.1) is 5.69 Å².